The van der Waals surface area contributed by atoms with Gasteiger partial charge in [0.15, 0.2) is 11.5 Å². The lowest BCUT2D eigenvalue weighted by atomic mass is 10.1. The van der Waals surface area contributed by atoms with Gasteiger partial charge in [0.2, 0.25) is 0 Å². The Kier molecular flexibility index (Phi) is 8.17. The van der Waals surface area contributed by atoms with Gasteiger partial charge < -0.3 is 19.8 Å². The number of aromatic amines is 1. The summed E-state index contributed by atoms with van der Waals surface area (Å²) in [6.07, 6.45) is 6.14. The van der Waals surface area contributed by atoms with Crippen molar-refractivity contribution in [3.05, 3.63) is 34.1 Å². The standard InChI is InChI=1S/C21H30N2O4/c1-4-6-8-12-22-20(24)16-14-15-10-11-17(26-3)19(18(15)23-21(16)25)27-13-9-7-5-2/h10-11,14H,4-9,12-13H2,1-3H3,(H,22,24)(H,23,25). The Morgan fingerprint density at radius 2 is 1.85 bits per heavy atom. The molecule has 148 valence electrons. The molecule has 1 heterocycles. The lowest BCUT2D eigenvalue weighted by Gasteiger charge is -2.14. The maximum atomic E-state index is 12.5. The predicted octanol–water partition coefficient (Wildman–Crippen LogP) is 4.03. The highest BCUT2D eigenvalue weighted by Gasteiger charge is 2.16. The highest BCUT2D eigenvalue weighted by atomic mass is 16.5. The topological polar surface area (TPSA) is 80.4 Å². The molecule has 0 atom stereocenters. The van der Waals surface area contributed by atoms with Gasteiger partial charge in [-0.2, -0.15) is 0 Å². The second-order valence-corrected chi connectivity index (χ2v) is 6.59. The number of amides is 1. The van der Waals surface area contributed by atoms with Crippen LogP contribution in [0.2, 0.25) is 0 Å². The summed E-state index contributed by atoms with van der Waals surface area (Å²) in [6.45, 7) is 5.35. The number of nitrogens with one attached hydrogen (secondary N) is 2. The summed E-state index contributed by atoms with van der Waals surface area (Å²) in [5, 5.41) is 3.55. The van der Waals surface area contributed by atoms with Gasteiger partial charge >= 0.3 is 0 Å². The van der Waals surface area contributed by atoms with E-state index in [0.29, 0.717) is 30.2 Å². The van der Waals surface area contributed by atoms with Crippen molar-refractivity contribution in [3.63, 3.8) is 0 Å². The number of pyridine rings is 1. The number of carbonyl (C=O) groups is 1. The number of carbonyl (C=O) groups excluding carboxylic acids is 1. The third-order valence-electron chi connectivity index (χ3n) is 4.46. The molecule has 2 aromatic rings. The van der Waals surface area contributed by atoms with Crippen LogP contribution < -0.4 is 20.3 Å². The van der Waals surface area contributed by atoms with Crippen LogP contribution in [0.3, 0.4) is 0 Å². The summed E-state index contributed by atoms with van der Waals surface area (Å²) in [5.41, 5.74) is 0.238. The molecule has 1 aromatic carbocycles. The van der Waals surface area contributed by atoms with Crippen molar-refractivity contribution in [2.75, 3.05) is 20.3 Å². The zero-order valence-corrected chi connectivity index (χ0v) is 16.5. The van der Waals surface area contributed by atoms with E-state index in [1.807, 2.05) is 6.07 Å². The zero-order valence-electron chi connectivity index (χ0n) is 16.5. The molecule has 0 aliphatic rings. The van der Waals surface area contributed by atoms with Gasteiger partial charge in [0.05, 0.1) is 19.2 Å². The first kappa shape index (κ1) is 20.8. The van der Waals surface area contributed by atoms with Gasteiger partial charge in [-0.25, -0.2) is 0 Å². The molecular weight excluding hydrogens is 344 g/mol. The maximum absolute atomic E-state index is 12.5. The monoisotopic (exact) mass is 374 g/mol. The van der Waals surface area contributed by atoms with Gasteiger partial charge in [-0.1, -0.05) is 39.5 Å². The third-order valence-corrected chi connectivity index (χ3v) is 4.46. The van der Waals surface area contributed by atoms with E-state index in [9.17, 15) is 9.59 Å². The molecule has 2 N–H and O–H groups in total. The normalized spacial score (nSPS) is 10.8. The number of benzene rings is 1. The van der Waals surface area contributed by atoms with E-state index in [4.69, 9.17) is 9.47 Å². The van der Waals surface area contributed by atoms with Crippen LogP contribution in [0.5, 0.6) is 11.5 Å². The number of fused-ring (bicyclic) bond motifs is 1. The van der Waals surface area contributed by atoms with Crippen molar-refractivity contribution in [3.8, 4) is 11.5 Å². The van der Waals surface area contributed by atoms with Crippen LogP contribution >= 0.6 is 0 Å². The van der Waals surface area contributed by atoms with E-state index >= 15 is 0 Å². The van der Waals surface area contributed by atoms with Crippen molar-refractivity contribution in [2.24, 2.45) is 0 Å². The number of unbranched alkanes of at least 4 members (excludes halogenated alkanes) is 4. The number of methoxy groups -OCH3 is 1. The Hall–Kier alpha value is -2.50. The fraction of sp³-hybridized carbons (Fsp3) is 0.524. The van der Waals surface area contributed by atoms with Gasteiger partial charge in [-0.3, -0.25) is 9.59 Å². The molecule has 0 radical (unpaired) electrons. The first-order valence-electron chi connectivity index (χ1n) is 9.77. The third kappa shape index (κ3) is 5.49. The fourth-order valence-corrected chi connectivity index (χ4v) is 2.90. The Labute approximate surface area is 160 Å². The van der Waals surface area contributed by atoms with Gasteiger partial charge in [-0.15, -0.1) is 0 Å². The van der Waals surface area contributed by atoms with Gasteiger partial charge in [0.25, 0.3) is 11.5 Å². The molecule has 2 rings (SSSR count). The molecule has 6 nitrogen and oxygen atoms in total. The van der Waals surface area contributed by atoms with Crippen LogP contribution in [0.15, 0.2) is 23.0 Å². The Morgan fingerprint density at radius 3 is 2.56 bits per heavy atom. The van der Waals surface area contributed by atoms with Crippen molar-refractivity contribution >= 4 is 16.8 Å². The Balaban J connectivity index is 2.28. The average Bonchev–Trinajstić information content (AvgIpc) is 2.68. The molecule has 0 bridgehead atoms. The summed E-state index contributed by atoms with van der Waals surface area (Å²) in [7, 11) is 1.57. The molecule has 0 unspecified atom stereocenters. The number of rotatable bonds is 11. The first-order valence-corrected chi connectivity index (χ1v) is 9.77. The van der Waals surface area contributed by atoms with Crippen LogP contribution in [0.25, 0.3) is 10.9 Å². The fourth-order valence-electron chi connectivity index (χ4n) is 2.90. The van der Waals surface area contributed by atoms with Gasteiger partial charge in [0, 0.05) is 11.9 Å². The smallest absolute Gasteiger partial charge is 0.261 e. The number of ether oxygens (including phenoxy) is 2. The lowest BCUT2D eigenvalue weighted by molar-refractivity contribution is 0.0951. The minimum atomic E-state index is -0.429. The summed E-state index contributed by atoms with van der Waals surface area (Å²) in [4.78, 5) is 27.6. The van der Waals surface area contributed by atoms with Crippen molar-refractivity contribution < 1.29 is 14.3 Å². The summed E-state index contributed by atoms with van der Waals surface area (Å²) in [6, 6.07) is 5.22. The van der Waals surface area contributed by atoms with Crippen LogP contribution in [-0.2, 0) is 0 Å². The minimum Gasteiger partial charge on any atom is -0.493 e. The van der Waals surface area contributed by atoms with Crippen molar-refractivity contribution in [1.29, 1.82) is 0 Å². The highest BCUT2D eigenvalue weighted by molar-refractivity contribution is 5.98. The zero-order chi connectivity index (χ0) is 19.6. The largest absolute Gasteiger partial charge is 0.493 e. The average molecular weight is 374 g/mol. The maximum Gasteiger partial charge on any atom is 0.261 e. The number of hydrogen-bond acceptors (Lipinski definition) is 4. The molecule has 0 saturated heterocycles. The molecule has 0 fully saturated rings. The summed E-state index contributed by atoms with van der Waals surface area (Å²) < 4.78 is 11.3. The second-order valence-electron chi connectivity index (χ2n) is 6.59. The number of hydrogen-bond donors (Lipinski definition) is 2. The van der Waals surface area contributed by atoms with Crippen LogP contribution in [0.1, 0.15) is 62.7 Å². The Bertz CT molecular complexity index is 814. The molecule has 27 heavy (non-hydrogen) atoms. The van der Waals surface area contributed by atoms with Gasteiger partial charge in [0.1, 0.15) is 5.56 Å². The highest BCUT2D eigenvalue weighted by Crippen LogP contribution is 2.34. The van der Waals surface area contributed by atoms with E-state index in [-0.39, 0.29) is 11.5 Å². The molecule has 0 aliphatic heterocycles. The summed E-state index contributed by atoms with van der Waals surface area (Å²) in [5.74, 6) is 0.722. The molecule has 0 saturated carbocycles. The predicted molar refractivity (Wildman–Crippen MR) is 108 cm³/mol. The molecule has 0 spiro atoms. The lowest BCUT2D eigenvalue weighted by Crippen LogP contribution is -2.30. The van der Waals surface area contributed by atoms with Crippen LogP contribution in [0, 0.1) is 0 Å². The second kappa shape index (κ2) is 10.6. The van der Waals surface area contributed by atoms with E-state index in [2.05, 4.69) is 24.1 Å². The molecule has 1 amide bonds. The minimum absolute atomic E-state index is 0.112. The Morgan fingerprint density at radius 1 is 1.11 bits per heavy atom. The molecule has 6 heteroatoms. The van der Waals surface area contributed by atoms with E-state index in [1.165, 1.54) is 0 Å². The first-order chi connectivity index (χ1) is 13.1. The van der Waals surface area contributed by atoms with Crippen molar-refractivity contribution in [1.82, 2.24) is 10.3 Å². The van der Waals surface area contributed by atoms with Crippen molar-refractivity contribution in [2.45, 2.75) is 52.4 Å². The number of aromatic nitrogens is 1. The van der Waals surface area contributed by atoms with E-state index in [1.54, 1.807) is 19.2 Å². The van der Waals surface area contributed by atoms with E-state index < -0.39 is 5.56 Å². The number of H-pyrrole nitrogens is 1. The quantitative estimate of drug-likeness (QED) is 0.582. The molecular formula is C21H30N2O4. The molecule has 0 aliphatic carbocycles. The van der Waals surface area contributed by atoms with Crippen LogP contribution in [0.4, 0.5) is 0 Å². The summed E-state index contributed by atoms with van der Waals surface area (Å²) >= 11 is 0. The SMILES string of the molecule is CCCCCNC(=O)c1cc2ccc(OC)c(OCCCCC)c2[nH]c1=O. The van der Waals surface area contributed by atoms with Gasteiger partial charge in [-0.05, 0) is 31.0 Å². The van der Waals surface area contributed by atoms with Crippen LogP contribution in [-0.4, -0.2) is 31.2 Å². The van der Waals surface area contributed by atoms with E-state index in [0.717, 1.165) is 43.9 Å². The molecule has 1 aromatic heterocycles.